The third kappa shape index (κ3) is 3.15. The van der Waals surface area contributed by atoms with Crippen LogP contribution < -0.4 is 9.47 Å². The maximum Gasteiger partial charge on any atom is 0.230 e. The highest BCUT2D eigenvalue weighted by Gasteiger charge is 2.19. The van der Waals surface area contributed by atoms with Crippen LogP contribution in [0, 0.1) is 0 Å². The van der Waals surface area contributed by atoms with Crippen molar-refractivity contribution in [3.8, 4) is 11.5 Å². The molecule has 5 heteroatoms. The molecule has 0 radical (unpaired) electrons. The summed E-state index contributed by atoms with van der Waals surface area (Å²) in [7, 11) is 3.21. The molecule has 1 aromatic rings. The second kappa shape index (κ2) is 6.79. The topological polar surface area (TPSA) is 38.8 Å². The summed E-state index contributed by atoms with van der Waals surface area (Å²) >= 11 is 3.39. The summed E-state index contributed by atoms with van der Waals surface area (Å²) in [5.41, 5.74) is 1.96. The Morgan fingerprint density at radius 1 is 1.25 bits per heavy atom. The van der Waals surface area contributed by atoms with Crippen LogP contribution in [0.25, 0.3) is 6.08 Å². The molecule has 0 saturated carbocycles. The molecule has 2 rings (SSSR count). The Morgan fingerprint density at radius 3 is 2.60 bits per heavy atom. The average molecular weight is 340 g/mol. The number of halogens is 1. The predicted molar refractivity (Wildman–Crippen MR) is 82.4 cm³/mol. The van der Waals surface area contributed by atoms with Crippen LogP contribution in [0.4, 0.5) is 0 Å². The van der Waals surface area contributed by atoms with E-state index in [4.69, 9.17) is 9.47 Å². The zero-order valence-corrected chi connectivity index (χ0v) is 13.3. The van der Waals surface area contributed by atoms with Crippen molar-refractivity contribution in [3.05, 3.63) is 29.5 Å². The normalized spacial score (nSPS) is 13.9. The highest BCUT2D eigenvalue weighted by molar-refractivity contribution is 9.09. The number of carbonyl (C=O) groups is 1. The number of hydrogen-bond donors (Lipinski definition) is 0. The molecule has 1 heterocycles. The number of nitrogens with zero attached hydrogens (tertiary/aromatic N) is 1. The van der Waals surface area contributed by atoms with E-state index in [0.717, 1.165) is 29.4 Å². The number of methoxy groups -OCH3 is 2. The molecule has 0 atom stereocenters. The first-order valence-corrected chi connectivity index (χ1v) is 7.60. The molecule has 0 N–H and O–H groups in total. The molecule has 0 saturated heterocycles. The van der Waals surface area contributed by atoms with Crippen LogP contribution in [0.2, 0.25) is 0 Å². The maximum atomic E-state index is 12.2. The van der Waals surface area contributed by atoms with Crippen molar-refractivity contribution in [2.75, 3.05) is 26.1 Å². The van der Waals surface area contributed by atoms with Crippen LogP contribution in [0.15, 0.2) is 18.3 Å². The third-order valence-electron chi connectivity index (χ3n) is 3.27. The van der Waals surface area contributed by atoms with E-state index in [0.29, 0.717) is 17.9 Å². The lowest BCUT2D eigenvalue weighted by Gasteiger charge is -2.16. The van der Waals surface area contributed by atoms with Crippen molar-refractivity contribution >= 4 is 27.9 Å². The first kappa shape index (κ1) is 14.9. The van der Waals surface area contributed by atoms with Gasteiger partial charge in [-0.15, -0.1) is 0 Å². The Kier molecular flexibility index (Phi) is 5.06. The summed E-state index contributed by atoms with van der Waals surface area (Å²) in [4.78, 5) is 14.0. The smallest absolute Gasteiger partial charge is 0.230 e. The van der Waals surface area contributed by atoms with Gasteiger partial charge < -0.3 is 14.4 Å². The molecular weight excluding hydrogens is 322 g/mol. The van der Waals surface area contributed by atoms with Crippen molar-refractivity contribution in [3.63, 3.8) is 0 Å². The Hall–Kier alpha value is -1.49. The Labute approximate surface area is 127 Å². The van der Waals surface area contributed by atoms with Crippen molar-refractivity contribution in [2.45, 2.75) is 12.8 Å². The predicted octanol–water partition coefficient (Wildman–Crippen LogP) is 2.84. The molecule has 1 aliphatic rings. The SMILES string of the molecule is COc1cc2c(cc1OC)CC(=O)N(CCCBr)C=C2. The van der Waals surface area contributed by atoms with Gasteiger partial charge in [-0.1, -0.05) is 15.9 Å². The third-order valence-corrected chi connectivity index (χ3v) is 3.83. The van der Waals surface area contributed by atoms with Crippen LogP contribution in [0.5, 0.6) is 11.5 Å². The van der Waals surface area contributed by atoms with Gasteiger partial charge >= 0.3 is 0 Å². The second-order valence-electron chi connectivity index (χ2n) is 4.53. The number of fused-ring (bicyclic) bond motifs is 1. The van der Waals surface area contributed by atoms with E-state index < -0.39 is 0 Å². The lowest BCUT2D eigenvalue weighted by Crippen LogP contribution is -2.27. The lowest BCUT2D eigenvalue weighted by molar-refractivity contribution is -0.127. The van der Waals surface area contributed by atoms with E-state index in [1.54, 1.807) is 19.1 Å². The summed E-state index contributed by atoms with van der Waals surface area (Å²) in [6.07, 6.45) is 5.11. The Morgan fingerprint density at radius 2 is 1.95 bits per heavy atom. The van der Waals surface area contributed by atoms with E-state index in [9.17, 15) is 4.79 Å². The number of hydrogen-bond acceptors (Lipinski definition) is 3. The van der Waals surface area contributed by atoms with Gasteiger partial charge in [0.15, 0.2) is 11.5 Å². The molecule has 1 amide bonds. The van der Waals surface area contributed by atoms with E-state index >= 15 is 0 Å². The first-order valence-electron chi connectivity index (χ1n) is 6.48. The van der Waals surface area contributed by atoms with Gasteiger partial charge in [0.05, 0.1) is 20.6 Å². The van der Waals surface area contributed by atoms with Crippen LogP contribution in [-0.4, -0.2) is 36.9 Å². The molecule has 4 nitrogen and oxygen atoms in total. The summed E-state index contributed by atoms with van der Waals surface area (Å²) in [6, 6.07) is 3.79. The zero-order chi connectivity index (χ0) is 14.5. The van der Waals surface area contributed by atoms with Crippen LogP contribution >= 0.6 is 15.9 Å². The fourth-order valence-electron chi connectivity index (χ4n) is 2.19. The van der Waals surface area contributed by atoms with Gasteiger partial charge in [0, 0.05) is 18.1 Å². The highest BCUT2D eigenvalue weighted by atomic mass is 79.9. The molecular formula is C15H18BrNO3. The molecule has 108 valence electrons. The van der Waals surface area contributed by atoms with Gasteiger partial charge in [-0.3, -0.25) is 4.79 Å². The summed E-state index contributed by atoms with van der Waals surface area (Å²) in [6.45, 7) is 0.725. The van der Waals surface area contributed by atoms with E-state index in [1.165, 1.54) is 0 Å². The van der Waals surface area contributed by atoms with Gasteiger partial charge in [-0.05, 0) is 35.8 Å². The number of amides is 1. The minimum atomic E-state index is 0.105. The largest absolute Gasteiger partial charge is 0.493 e. The monoisotopic (exact) mass is 339 g/mol. The average Bonchev–Trinajstić information content (AvgIpc) is 2.61. The van der Waals surface area contributed by atoms with Crippen molar-refractivity contribution < 1.29 is 14.3 Å². The molecule has 0 spiro atoms. The molecule has 0 bridgehead atoms. The van der Waals surface area contributed by atoms with Gasteiger partial charge in [0.1, 0.15) is 0 Å². The highest BCUT2D eigenvalue weighted by Crippen LogP contribution is 2.32. The molecule has 1 aliphatic heterocycles. The molecule has 0 unspecified atom stereocenters. The van der Waals surface area contributed by atoms with Crippen molar-refractivity contribution in [1.29, 1.82) is 0 Å². The number of alkyl halides is 1. The van der Waals surface area contributed by atoms with Gasteiger partial charge in [0.25, 0.3) is 0 Å². The number of rotatable bonds is 5. The van der Waals surface area contributed by atoms with Crippen LogP contribution in [-0.2, 0) is 11.2 Å². The number of carbonyl (C=O) groups excluding carboxylic acids is 1. The summed E-state index contributed by atoms with van der Waals surface area (Å²) in [5, 5.41) is 0.888. The van der Waals surface area contributed by atoms with Crippen LogP contribution in [0.3, 0.4) is 0 Å². The molecule has 0 aromatic heterocycles. The summed E-state index contributed by atoms with van der Waals surface area (Å²) in [5.74, 6) is 1.44. The van der Waals surface area contributed by atoms with Crippen molar-refractivity contribution in [1.82, 2.24) is 4.90 Å². The second-order valence-corrected chi connectivity index (χ2v) is 5.32. The molecule has 0 fully saturated rings. The van der Waals surface area contributed by atoms with Gasteiger partial charge in [-0.2, -0.15) is 0 Å². The fourth-order valence-corrected chi connectivity index (χ4v) is 2.44. The lowest BCUT2D eigenvalue weighted by atomic mass is 10.0. The Balaban J connectivity index is 2.31. The van der Waals surface area contributed by atoms with Gasteiger partial charge in [0.2, 0.25) is 5.91 Å². The molecule has 20 heavy (non-hydrogen) atoms. The number of benzene rings is 1. The minimum Gasteiger partial charge on any atom is -0.493 e. The Bertz CT molecular complexity index is 528. The standard InChI is InChI=1S/C15H18BrNO3/c1-19-13-8-11-4-7-17(6-3-5-16)15(18)10-12(11)9-14(13)20-2/h4,7-9H,3,5-6,10H2,1-2H3. The fraction of sp³-hybridized carbons (Fsp3) is 0.400. The van der Waals surface area contributed by atoms with Crippen molar-refractivity contribution in [2.24, 2.45) is 0 Å². The zero-order valence-electron chi connectivity index (χ0n) is 11.7. The first-order chi connectivity index (χ1) is 9.69. The molecule has 0 aliphatic carbocycles. The molecule has 1 aromatic carbocycles. The number of ether oxygens (including phenoxy) is 2. The minimum absolute atomic E-state index is 0.105. The van der Waals surface area contributed by atoms with E-state index in [1.807, 2.05) is 24.4 Å². The van der Waals surface area contributed by atoms with E-state index in [2.05, 4.69) is 15.9 Å². The quantitative estimate of drug-likeness (QED) is 0.774. The van der Waals surface area contributed by atoms with Crippen LogP contribution in [0.1, 0.15) is 17.5 Å². The summed E-state index contributed by atoms with van der Waals surface area (Å²) < 4.78 is 10.6. The van der Waals surface area contributed by atoms with E-state index in [-0.39, 0.29) is 5.91 Å². The maximum absolute atomic E-state index is 12.2. The van der Waals surface area contributed by atoms with Gasteiger partial charge in [-0.25, -0.2) is 0 Å².